The molecule has 0 saturated carbocycles. The SMILES string of the molecule is COc1ccc(S(=O)(=O)N2CCC(NC(=O)COc3cccc(C)c3)CC2)cc1. The normalized spacial score (nSPS) is 15.7. The van der Waals surface area contributed by atoms with Crippen LogP contribution in [0.4, 0.5) is 0 Å². The van der Waals surface area contributed by atoms with Crippen molar-refractivity contribution in [2.24, 2.45) is 0 Å². The molecule has 0 bridgehead atoms. The Balaban J connectivity index is 1.48. The number of methoxy groups -OCH3 is 1. The summed E-state index contributed by atoms with van der Waals surface area (Å²) in [6, 6.07) is 13.8. The number of ether oxygens (including phenoxy) is 2. The lowest BCUT2D eigenvalue weighted by molar-refractivity contribution is -0.124. The number of carbonyl (C=O) groups is 1. The summed E-state index contributed by atoms with van der Waals surface area (Å²) in [5.74, 6) is 1.06. The van der Waals surface area contributed by atoms with Crippen LogP contribution in [0.5, 0.6) is 11.5 Å². The van der Waals surface area contributed by atoms with Gasteiger partial charge in [-0.15, -0.1) is 0 Å². The number of aryl methyl sites for hydroxylation is 1. The van der Waals surface area contributed by atoms with Crippen LogP contribution in [0.2, 0.25) is 0 Å². The van der Waals surface area contributed by atoms with Gasteiger partial charge >= 0.3 is 0 Å². The summed E-state index contributed by atoms with van der Waals surface area (Å²) in [6.07, 6.45) is 1.12. The Bertz CT molecular complexity index is 936. The van der Waals surface area contributed by atoms with E-state index in [4.69, 9.17) is 9.47 Å². The quantitative estimate of drug-likeness (QED) is 0.746. The van der Waals surface area contributed by atoms with Crippen LogP contribution < -0.4 is 14.8 Å². The summed E-state index contributed by atoms with van der Waals surface area (Å²) in [4.78, 5) is 12.4. The molecule has 0 radical (unpaired) electrons. The summed E-state index contributed by atoms with van der Waals surface area (Å²) in [7, 11) is -2.01. The molecule has 0 aliphatic carbocycles. The number of carbonyl (C=O) groups excluding carboxylic acids is 1. The summed E-state index contributed by atoms with van der Waals surface area (Å²) >= 11 is 0. The Kier molecular flexibility index (Phi) is 6.76. The van der Waals surface area contributed by atoms with Crippen molar-refractivity contribution in [1.29, 1.82) is 0 Å². The molecule has 2 aromatic carbocycles. The summed E-state index contributed by atoms with van der Waals surface area (Å²) in [6.45, 7) is 2.62. The molecule has 29 heavy (non-hydrogen) atoms. The number of hydrogen-bond acceptors (Lipinski definition) is 5. The molecule has 1 saturated heterocycles. The molecular formula is C21H26N2O5S. The van der Waals surface area contributed by atoms with Crippen molar-refractivity contribution < 1.29 is 22.7 Å². The third kappa shape index (κ3) is 5.48. The average molecular weight is 419 g/mol. The van der Waals surface area contributed by atoms with Crippen LogP contribution in [0, 0.1) is 6.92 Å². The van der Waals surface area contributed by atoms with Crippen molar-refractivity contribution in [3.05, 3.63) is 54.1 Å². The van der Waals surface area contributed by atoms with Gasteiger partial charge in [0.15, 0.2) is 6.61 Å². The average Bonchev–Trinajstić information content (AvgIpc) is 2.73. The van der Waals surface area contributed by atoms with Gasteiger partial charge in [-0.25, -0.2) is 8.42 Å². The monoisotopic (exact) mass is 418 g/mol. The van der Waals surface area contributed by atoms with Gasteiger partial charge in [-0.05, 0) is 61.7 Å². The molecule has 0 aromatic heterocycles. The lowest BCUT2D eigenvalue weighted by atomic mass is 10.1. The fraction of sp³-hybridized carbons (Fsp3) is 0.381. The van der Waals surface area contributed by atoms with Crippen LogP contribution in [0.15, 0.2) is 53.4 Å². The van der Waals surface area contributed by atoms with Crippen molar-refractivity contribution in [3.63, 3.8) is 0 Å². The molecule has 1 amide bonds. The van der Waals surface area contributed by atoms with Crippen LogP contribution >= 0.6 is 0 Å². The molecule has 8 heteroatoms. The zero-order valence-electron chi connectivity index (χ0n) is 16.6. The van der Waals surface area contributed by atoms with Crippen molar-refractivity contribution >= 4 is 15.9 Å². The first-order valence-corrected chi connectivity index (χ1v) is 11.0. The standard InChI is InChI=1S/C21H26N2O5S/c1-16-4-3-5-19(14-16)28-15-21(24)22-17-10-12-23(13-11-17)29(25,26)20-8-6-18(27-2)7-9-20/h3-9,14,17H,10-13,15H2,1-2H3,(H,22,24). The third-order valence-electron chi connectivity index (χ3n) is 4.88. The lowest BCUT2D eigenvalue weighted by Gasteiger charge is -2.31. The van der Waals surface area contributed by atoms with E-state index < -0.39 is 10.0 Å². The first-order chi connectivity index (χ1) is 13.9. The van der Waals surface area contributed by atoms with Crippen molar-refractivity contribution in [2.45, 2.75) is 30.7 Å². The van der Waals surface area contributed by atoms with Gasteiger partial charge in [-0.1, -0.05) is 12.1 Å². The van der Waals surface area contributed by atoms with E-state index in [0.29, 0.717) is 37.4 Å². The zero-order valence-corrected chi connectivity index (χ0v) is 17.4. The Labute approximate surface area is 171 Å². The molecule has 0 atom stereocenters. The number of piperidine rings is 1. The highest BCUT2D eigenvalue weighted by atomic mass is 32.2. The van der Waals surface area contributed by atoms with E-state index >= 15 is 0 Å². The number of nitrogens with zero attached hydrogens (tertiary/aromatic N) is 1. The fourth-order valence-electron chi connectivity index (χ4n) is 3.26. The van der Waals surface area contributed by atoms with Crippen LogP contribution in [0.3, 0.4) is 0 Å². The maximum atomic E-state index is 12.8. The summed E-state index contributed by atoms with van der Waals surface area (Å²) in [5, 5.41) is 2.93. The molecule has 0 unspecified atom stereocenters. The van der Waals surface area contributed by atoms with E-state index in [1.54, 1.807) is 24.3 Å². The molecule has 1 aliphatic heterocycles. The number of hydrogen-bond donors (Lipinski definition) is 1. The smallest absolute Gasteiger partial charge is 0.258 e. The highest BCUT2D eigenvalue weighted by molar-refractivity contribution is 7.89. The van der Waals surface area contributed by atoms with Gasteiger partial charge in [-0.3, -0.25) is 4.79 Å². The minimum absolute atomic E-state index is 0.0617. The second-order valence-corrected chi connectivity index (χ2v) is 8.96. The summed E-state index contributed by atoms with van der Waals surface area (Å²) < 4.78 is 37.6. The van der Waals surface area contributed by atoms with E-state index in [1.165, 1.54) is 11.4 Å². The number of sulfonamides is 1. The van der Waals surface area contributed by atoms with E-state index in [0.717, 1.165) is 5.56 Å². The van der Waals surface area contributed by atoms with Gasteiger partial charge < -0.3 is 14.8 Å². The second kappa shape index (κ2) is 9.28. The Morgan fingerprint density at radius 2 is 1.79 bits per heavy atom. The van der Waals surface area contributed by atoms with Gasteiger partial charge in [0.05, 0.1) is 12.0 Å². The first-order valence-electron chi connectivity index (χ1n) is 9.51. The number of nitrogens with one attached hydrogen (secondary N) is 1. The van der Waals surface area contributed by atoms with Gasteiger partial charge in [-0.2, -0.15) is 4.31 Å². The maximum Gasteiger partial charge on any atom is 0.258 e. The first kappa shape index (κ1) is 21.1. The molecule has 0 spiro atoms. The second-order valence-electron chi connectivity index (χ2n) is 7.03. The van der Waals surface area contributed by atoms with Crippen molar-refractivity contribution in [1.82, 2.24) is 9.62 Å². The van der Waals surface area contributed by atoms with Gasteiger partial charge in [0.2, 0.25) is 10.0 Å². The largest absolute Gasteiger partial charge is 0.497 e. The minimum Gasteiger partial charge on any atom is -0.497 e. The Hall–Kier alpha value is -2.58. The van der Waals surface area contributed by atoms with Crippen molar-refractivity contribution in [2.75, 3.05) is 26.8 Å². The van der Waals surface area contributed by atoms with E-state index in [-0.39, 0.29) is 23.5 Å². The van der Waals surface area contributed by atoms with Crippen LogP contribution in [0.25, 0.3) is 0 Å². The summed E-state index contributed by atoms with van der Waals surface area (Å²) in [5.41, 5.74) is 1.06. The predicted octanol–water partition coefficient (Wildman–Crippen LogP) is 2.35. The van der Waals surface area contributed by atoms with Crippen LogP contribution in [0.1, 0.15) is 18.4 Å². The lowest BCUT2D eigenvalue weighted by Crippen LogP contribution is -2.47. The third-order valence-corrected chi connectivity index (χ3v) is 6.79. The molecule has 156 valence electrons. The Morgan fingerprint density at radius 3 is 2.41 bits per heavy atom. The van der Waals surface area contributed by atoms with E-state index in [2.05, 4.69) is 5.32 Å². The van der Waals surface area contributed by atoms with Crippen LogP contribution in [-0.2, 0) is 14.8 Å². The fourth-order valence-corrected chi connectivity index (χ4v) is 4.73. The molecular weight excluding hydrogens is 392 g/mol. The number of benzene rings is 2. The maximum absolute atomic E-state index is 12.8. The van der Waals surface area contributed by atoms with Crippen LogP contribution in [-0.4, -0.2) is 51.5 Å². The minimum atomic E-state index is -3.55. The van der Waals surface area contributed by atoms with E-state index in [9.17, 15) is 13.2 Å². The molecule has 3 rings (SSSR count). The Morgan fingerprint density at radius 1 is 1.10 bits per heavy atom. The topological polar surface area (TPSA) is 84.9 Å². The van der Waals surface area contributed by atoms with Gasteiger partial charge in [0.1, 0.15) is 11.5 Å². The van der Waals surface area contributed by atoms with Gasteiger partial charge in [0, 0.05) is 19.1 Å². The molecule has 1 aliphatic rings. The van der Waals surface area contributed by atoms with Gasteiger partial charge in [0.25, 0.3) is 5.91 Å². The zero-order chi connectivity index (χ0) is 20.9. The highest BCUT2D eigenvalue weighted by Crippen LogP contribution is 2.23. The molecule has 2 aromatic rings. The highest BCUT2D eigenvalue weighted by Gasteiger charge is 2.30. The van der Waals surface area contributed by atoms with Crippen molar-refractivity contribution in [3.8, 4) is 11.5 Å². The molecule has 1 fully saturated rings. The molecule has 1 heterocycles. The molecule has 7 nitrogen and oxygen atoms in total. The number of amides is 1. The molecule has 1 N–H and O–H groups in total. The van der Waals surface area contributed by atoms with E-state index in [1.807, 2.05) is 31.2 Å². The predicted molar refractivity (Wildman–Crippen MR) is 110 cm³/mol. The number of rotatable bonds is 7.